The highest BCUT2D eigenvalue weighted by Crippen LogP contribution is 2.19. The molecule has 0 aliphatic carbocycles. The second-order valence-electron chi connectivity index (χ2n) is 5.25. The second kappa shape index (κ2) is 6.15. The lowest BCUT2D eigenvalue weighted by atomic mass is 10.2. The number of rotatable bonds is 3. The zero-order valence-corrected chi connectivity index (χ0v) is 12.2. The number of nitrogens with two attached hydrogens (primary N) is 1. The number of piperazine rings is 1. The molecule has 0 unspecified atom stereocenters. The van der Waals surface area contributed by atoms with Crippen LogP contribution in [0.2, 0.25) is 0 Å². The van der Waals surface area contributed by atoms with Gasteiger partial charge in [0, 0.05) is 38.9 Å². The third-order valence-corrected chi connectivity index (χ3v) is 3.69. The maximum Gasteiger partial charge on any atom is 0.226 e. The molecule has 1 fully saturated rings. The number of likely N-dealkylation sites (N-methyl/N-ethyl adjacent to an activating group) is 1. The van der Waals surface area contributed by atoms with Crippen molar-refractivity contribution >= 4 is 5.95 Å². The molecule has 2 N–H and O–H groups in total. The van der Waals surface area contributed by atoms with Gasteiger partial charge >= 0.3 is 0 Å². The average molecular weight is 284 g/mol. The fraction of sp³-hybridized carbons (Fsp3) is 0.400. The van der Waals surface area contributed by atoms with Gasteiger partial charge in [-0.05, 0) is 25.2 Å². The first-order chi connectivity index (χ1) is 10.3. The van der Waals surface area contributed by atoms with Crippen LogP contribution in [0.5, 0.6) is 0 Å². The number of hydrogen-bond donors (Lipinski definition) is 1. The van der Waals surface area contributed by atoms with E-state index in [1.807, 2.05) is 24.3 Å². The van der Waals surface area contributed by atoms with Crippen LogP contribution in [0, 0.1) is 0 Å². The largest absolute Gasteiger partial charge is 0.338 e. The van der Waals surface area contributed by atoms with Crippen molar-refractivity contribution < 1.29 is 0 Å². The Morgan fingerprint density at radius 2 is 1.90 bits per heavy atom. The van der Waals surface area contributed by atoms with Crippen molar-refractivity contribution in [2.75, 3.05) is 38.1 Å². The molecule has 0 bridgehead atoms. The predicted octanol–water partition coefficient (Wildman–Crippen LogP) is 0.749. The van der Waals surface area contributed by atoms with Gasteiger partial charge in [-0.2, -0.15) is 0 Å². The van der Waals surface area contributed by atoms with Crippen LogP contribution in [0.25, 0.3) is 11.4 Å². The molecule has 2 aromatic heterocycles. The van der Waals surface area contributed by atoms with Gasteiger partial charge in [-0.25, -0.2) is 9.97 Å². The van der Waals surface area contributed by atoms with Crippen molar-refractivity contribution in [2.24, 2.45) is 5.73 Å². The van der Waals surface area contributed by atoms with Gasteiger partial charge in [-0.1, -0.05) is 6.07 Å². The van der Waals surface area contributed by atoms with E-state index < -0.39 is 0 Å². The normalized spacial score (nSPS) is 16.2. The summed E-state index contributed by atoms with van der Waals surface area (Å²) in [5, 5.41) is 0. The molecule has 1 saturated heterocycles. The van der Waals surface area contributed by atoms with Crippen LogP contribution in [0.1, 0.15) is 5.69 Å². The smallest absolute Gasteiger partial charge is 0.226 e. The number of anilines is 1. The molecule has 3 rings (SSSR count). The van der Waals surface area contributed by atoms with Crippen molar-refractivity contribution in [1.29, 1.82) is 0 Å². The molecule has 2 aromatic rings. The molecule has 1 aliphatic rings. The molecule has 0 amide bonds. The third-order valence-electron chi connectivity index (χ3n) is 3.69. The van der Waals surface area contributed by atoms with Crippen molar-refractivity contribution in [3.63, 3.8) is 0 Å². The summed E-state index contributed by atoms with van der Waals surface area (Å²) in [5.41, 5.74) is 8.31. The fourth-order valence-corrected chi connectivity index (χ4v) is 2.38. The Labute approximate surface area is 124 Å². The quantitative estimate of drug-likeness (QED) is 0.897. The van der Waals surface area contributed by atoms with Crippen LogP contribution in [-0.2, 0) is 6.54 Å². The molecule has 21 heavy (non-hydrogen) atoms. The highest BCUT2D eigenvalue weighted by Gasteiger charge is 2.18. The van der Waals surface area contributed by atoms with E-state index in [2.05, 4.69) is 31.8 Å². The minimum atomic E-state index is 0.406. The summed E-state index contributed by atoms with van der Waals surface area (Å²) in [7, 11) is 2.13. The highest BCUT2D eigenvalue weighted by molar-refractivity contribution is 5.56. The summed E-state index contributed by atoms with van der Waals surface area (Å²) in [6.45, 7) is 4.33. The average Bonchev–Trinajstić information content (AvgIpc) is 2.56. The molecule has 1 aliphatic heterocycles. The van der Waals surface area contributed by atoms with Crippen LogP contribution in [0.15, 0.2) is 30.5 Å². The van der Waals surface area contributed by atoms with Crippen LogP contribution >= 0.6 is 0 Å². The van der Waals surface area contributed by atoms with Gasteiger partial charge in [-0.3, -0.25) is 4.98 Å². The van der Waals surface area contributed by atoms with Gasteiger partial charge in [0.1, 0.15) is 0 Å². The standard InChI is InChI=1S/C15H20N6/c1-20-6-8-21(9-7-20)15-18-12(11-16)10-14(19-15)13-4-2-3-5-17-13/h2-5,10H,6-9,11,16H2,1H3. The predicted molar refractivity (Wildman–Crippen MR) is 82.9 cm³/mol. The van der Waals surface area contributed by atoms with Crippen molar-refractivity contribution in [2.45, 2.75) is 6.54 Å². The van der Waals surface area contributed by atoms with Gasteiger partial charge in [0.2, 0.25) is 5.95 Å². The number of pyridine rings is 1. The van der Waals surface area contributed by atoms with Crippen molar-refractivity contribution in [3.05, 3.63) is 36.2 Å². The van der Waals surface area contributed by atoms with Crippen LogP contribution in [0.3, 0.4) is 0 Å². The first kappa shape index (κ1) is 13.9. The molecule has 0 spiro atoms. The Morgan fingerprint density at radius 1 is 1.10 bits per heavy atom. The van der Waals surface area contributed by atoms with Gasteiger partial charge in [0.15, 0.2) is 0 Å². The molecule has 110 valence electrons. The Kier molecular flexibility index (Phi) is 4.08. The number of hydrogen-bond acceptors (Lipinski definition) is 6. The first-order valence-electron chi connectivity index (χ1n) is 7.19. The van der Waals surface area contributed by atoms with Crippen LogP contribution in [-0.4, -0.2) is 53.1 Å². The lowest BCUT2D eigenvalue weighted by Crippen LogP contribution is -2.45. The Bertz CT molecular complexity index is 592. The van der Waals surface area contributed by atoms with Gasteiger partial charge in [0.25, 0.3) is 0 Å². The zero-order chi connectivity index (χ0) is 14.7. The van der Waals surface area contributed by atoms with Gasteiger partial charge < -0.3 is 15.5 Å². The molecule has 6 heteroatoms. The molecule has 0 radical (unpaired) electrons. The molecular formula is C15H20N6. The molecular weight excluding hydrogens is 264 g/mol. The fourth-order valence-electron chi connectivity index (χ4n) is 2.38. The van der Waals surface area contributed by atoms with Crippen molar-refractivity contribution in [3.8, 4) is 11.4 Å². The first-order valence-corrected chi connectivity index (χ1v) is 7.19. The highest BCUT2D eigenvalue weighted by atomic mass is 15.3. The van der Waals surface area contributed by atoms with Crippen LogP contribution < -0.4 is 10.6 Å². The van der Waals surface area contributed by atoms with E-state index in [-0.39, 0.29) is 0 Å². The number of nitrogens with zero attached hydrogens (tertiary/aromatic N) is 5. The summed E-state index contributed by atoms with van der Waals surface area (Å²) in [4.78, 5) is 18.1. The summed E-state index contributed by atoms with van der Waals surface area (Å²) in [5.74, 6) is 0.756. The van der Waals surface area contributed by atoms with E-state index in [9.17, 15) is 0 Å². The molecule has 0 saturated carbocycles. The minimum Gasteiger partial charge on any atom is -0.338 e. The summed E-state index contributed by atoms with van der Waals surface area (Å²) >= 11 is 0. The topological polar surface area (TPSA) is 71.2 Å². The lowest BCUT2D eigenvalue weighted by Gasteiger charge is -2.32. The van der Waals surface area contributed by atoms with E-state index in [0.29, 0.717) is 6.54 Å². The minimum absolute atomic E-state index is 0.406. The molecule has 6 nitrogen and oxygen atoms in total. The van der Waals surface area contributed by atoms with E-state index in [4.69, 9.17) is 5.73 Å². The SMILES string of the molecule is CN1CCN(c2nc(CN)cc(-c3ccccn3)n2)CC1. The van der Waals surface area contributed by atoms with E-state index in [0.717, 1.165) is 49.2 Å². The maximum atomic E-state index is 5.78. The Balaban J connectivity index is 1.94. The molecule has 3 heterocycles. The second-order valence-corrected chi connectivity index (χ2v) is 5.25. The Morgan fingerprint density at radius 3 is 2.57 bits per heavy atom. The molecule has 0 atom stereocenters. The zero-order valence-electron chi connectivity index (χ0n) is 12.2. The lowest BCUT2D eigenvalue weighted by molar-refractivity contribution is 0.311. The van der Waals surface area contributed by atoms with E-state index >= 15 is 0 Å². The summed E-state index contributed by atoms with van der Waals surface area (Å²) in [6.07, 6.45) is 1.77. The number of aromatic nitrogens is 3. The van der Waals surface area contributed by atoms with E-state index in [1.54, 1.807) is 6.20 Å². The van der Waals surface area contributed by atoms with Crippen LogP contribution in [0.4, 0.5) is 5.95 Å². The molecule has 0 aromatic carbocycles. The maximum absolute atomic E-state index is 5.78. The third kappa shape index (κ3) is 3.17. The van der Waals surface area contributed by atoms with Gasteiger partial charge in [-0.15, -0.1) is 0 Å². The van der Waals surface area contributed by atoms with Gasteiger partial charge in [0.05, 0.1) is 17.1 Å². The monoisotopic (exact) mass is 284 g/mol. The van der Waals surface area contributed by atoms with E-state index in [1.165, 1.54) is 0 Å². The summed E-state index contributed by atoms with van der Waals surface area (Å²) < 4.78 is 0. The summed E-state index contributed by atoms with van der Waals surface area (Å²) in [6, 6.07) is 7.73. The Hall–Kier alpha value is -2.05. The van der Waals surface area contributed by atoms with Crippen molar-refractivity contribution in [1.82, 2.24) is 19.9 Å².